The Morgan fingerprint density at radius 1 is 0.977 bits per heavy atom. The van der Waals surface area contributed by atoms with Crippen molar-refractivity contribution in [2.45, 2.75) is 50.8 Å². The van der Waals surface area contributed by atoms with Gasteiger partial charge in [0.05, 0.1) is 18.7 Å². The zero-order chi connectivity index (χ0) is 31.2. The minimum Gasteiger partial charge on any atom is -0.391 e. The second-order valence-electron chi connectivity index (χ2n) is 10.3. The molecule has 2 amide bonds. The van der Waals surface area contributed by atoms with Crippen molar-refractivity contribution in [3.63, 3.8) is 0 Å². The molecule has 0 aliphatic carbocycles. The van der Waals surface area contributed by atoms with E-state index >= 15 is 13.2 Å². The van der Waals surface area contributed by atoms with E-state index in [1.54, 1.807) is 43.4 Å². The van der Waals surface area contributed by atoms with Gasteiger partial charge in [-0.1, -0.05) is 66.7 Å². The van der Waals surface area contributed by atoms with E-state index in [4.69, 9.17) is 0 Å². The van der Waals surface area contributed by atoms with Crippen molar-refractivity contribution < 1.29 is 27.9 Å². The molecule has 7 nitrogen and oxygen atoms in total. The fourth-order valence-electron chi connectivity index (χ4n) is 4.95. The number of nitrogens with zero attached hydrogens (tertiary/aromatic N) is 2. The van der Waals surface area contributed by atoms with Gasteiger partial charge in [0.2, 0.25) is 0 Å². The normalized spacial score (nSPS) is 14.4. The van der Waals surface area contributed by atoms with Crippen LogP contribution in [0.2, 0.25) is 0 Å². The van der Waals surface area contributed by atoms with Gasteiger partial charge in [-0.25, -0.2) is 4.98 Å². The van der Waals surface area contributed by atoms with E-state index in [1.165, 1.54) is 71.7 Å². The molecule has 3 aromatic carbocycles. The molecule has 226 valence electrons. The van der Waals surface area contributed by atoms with Gasteiger partial charge in [-0.2, -0.15) is 13.2 Å². The molecule has 3 N–H and O–H groups in total. The second kappa shape index (κ2) is 13.5. The standard InChI is InChI=1S/C32H33F3N4O3S/c1-21-20-43-27(37-21)19-39(3)30(42)25-14-10-13-24(17-25)29(41)38-28(22(2)40)31(32(33,34)35,26-15-8-5-9-16-26)36-18-23-11-6-4-7-12-23/h4-17,20,22,28,36,40H,18-19H2,1-3H3,(H,38,41). The van der Waals surface area contributed by atoms with Crippen LogP contribution in [0.3, 0.4) is 0 Å². The molecule has 1 heterocycles. The average Bonchev–Trinajstić information content (AvgIpc) is 3.40. The molecule has 0 radical (unpaired) electrons. The smallest absolute Gasteiger partial charge is 0.391 e. The Bertz CT molecular complexity index is 1530. The van der Waals surface area contributed by atoms with E-state index in [0.29, 0.717) is 5.56 Å². The lowest BCUT2D eigenvalue weighted by Crippen LogP contribution is -2.68. The predicted octanol–water partition coefficient (Wildman–Crippen LogP) is 5.45. The molecule has 0 saturated heterocycles. The summed E-state index contributed by atoms with van der Waals surface area (Å²) in [6.07, 6.45) is -6.58. The van der Waals surface area contributed by atoms with Crippen molar-refractivity contribution in [1.29, 1.82) is 0 Å². The van der Waals surface area contributed by atoms with Gasteiger partial charge in [0.1, 0.15) is 5.01 Å². The first-order chi connectivity index (χ1) is 20.4. The summed E-state index contributed by atoms with van der Waals surface area (Å²) < 4.78 is 45.9. The Balaban J connectivity index is 1.66. The average molecular weight is 611 g/mol. The number of alkyl halides is 3. The van der Waals surface area contributed by atoms with Gasteiger partial charge in [-0.05, 0) is 43.2 Å². The summed E-state index contributed by atoms with van der Waals surface area (Å²) in [5.74, 6) is -1.25. The second-order valence-corrected chi connectivity index (χ2v) is 11.3. The van der Waals surface area contributed by atoms with Crippen LogP contribution >= 0.6 is 11.3 Å². The van der Waals surface area contributed by atoms with Crippen LogP contribution in [-0.4, -0.2) is 52.2 Å². The summed E-state index contributed by atoms with van der Waals surface area (Å²) in [6, 6.07) is 19.6. The van der Waals surface area contributed by atoms with Crippen molar-refractivity contribution in [1.82, 2.24) is 20.5 Å². The molecule has 4 rings (SSSR count). The summed E-state index contributed by atoms with van der Waals surface area (Å²) in [4.78, 5) is 32.5. The van der Waals surface area contributed by atoms with Crippen LogP contribution in [0.15, 0.2) is 90.3 Å². The lowest BCUT2D eigenvalue weighted by Gasteiger charge is -2.44. The van der Waals surface area contributed by atoms with Gasteiger partial charge in [-0.15, -0.1) is 11.3 Å². The topological polar surface area (TPSA) is 94.6 Å². The first-order valence-corrected chi connectivity index (χ1v) is 14.5. The van der Waals surface area contributed by atoms with Gasteiger partial charge >= 0.3 is 6.18 Å². The first-order valence-electron chi connectivity index (χ1n) is 13.6. The number of aryl methyl sites for hydroxylation is 1. The van der Waals surface area contributed by atoms with Crippen LogP contribution in [0, 0.1) is 6.92 Å². The molecule has 0 bridgehead atoms. The van der Waals surface area contributed by atoms with Crippen molar-refractivity contribution in [3.05, 3.63) is 123 Å². The maximum atomic E-state index is 15.3. The highest BCUT2D eigenvalue weighted by Gasteiger charge is 2.62. The summed E-state index contributed by atoms with van der Waals surface area (Å²) >= 11 is 1.42. The Morgan fingerprint density at radius 3 is 2.19 bits per heavy atom. The number of amides is 2. The largest absolute Gasteiger partial charge is 0.412 e. The molecule has 3 atom stereocenters. The van der Waals surface area contributed by atoms with Gasteiger partial charge in [0.25, 0.3) is 11.8 Å². The van der Waals surface area contributed by atoms with Crippen LogP contribution in [-0.2, 0) is 18.6 Å². The Kier molecular flexibility index (Phi) is 10.0. The number of benzene rings is 3. The van der Waals surface area contributed by atoms with Crippen LogP contribution in [0.1, 0.15) is 49.5 Å². The summed E-state index contributed by atoms with van der Waals surface area (Å²) in [5, 5.41) is 18.5. The number of nitrogens with one attached hydrogen (secondary N) is 2. The molecular weight excluding hydrogens is 577 g/mol. The van der Waals surface area contributed by atoms with Crippen molar-refractivity contribution in [2.75, 3.05) is 7.05 Å². The maximum Gasteiger partial charge on any atom is 0.412 e. The predicted molar refractivity (Wildman–Crippen MR) is 159 cm³/mol. The number of carbonyl (C=O) groups is 2. The first kappa shape index (κ1) is 31.9. The van der Waals surface area contributed by atoms with Crippen molar-refractivity contribution in [2.24, 2.45) is 0 Å². The molecule has 0 aliphatic heterocycles. The van der Waals surface area contributed by atoms with Gasteiger partial charge < -0.3 is 15.3 Å². The third-order valence-electron chi connectivity index (χ3n) is 7.08. The molecule has 43 heavy (non-hydrogen) atoms. The highest BCUT2D eigenvalue weighted by Crippen LogP contribution is 2.43. The zero-order valence-electron chi connectivity index (χ0n) is 23.9. The molecule has 3 unspecified atom stereocenters. The van der Waals surface area contributed by atoms with Gasteiger partial charge in [-0.3, -0.25) is 14.9 Å². The number of hydrogen-bond donors (Lipinski definition) is 3. The van der Waals surface area contributed by atoms with Gasteiger partial charge in [0.15, 0.2) is 5.54 Å². The molecule has 0 saturated carbocycles. The summed E-state index contributed by atoms with van der Waals surface area (Å²) in [6.45, 7) is 3.13. The Labute approximate surface area is 252 Å². The minimum absolute atomic E-state index is 0.0258. The number of hydrogen-bond acceptors (Lipinski definition) is 6. The fraction of sp³-hybridized carbons (Fsp3) is 0.281. The number of aliphatic hydroxyl groups excluding tert-OH is 1. The quantitative estimate of drug-likeness (QED) is 0.210. The summed E-state index contributed by atoms with van der Waals surface area (Å²) in [5.41, 5.74) is -1.45. The SMILES string of the molecule is Cc1csc(CN(C)C(=O)c2cccc(C(=O)NC(C(C)O)C(NCc3ccccc3)(c3ccccc3)C(F)(F)F)c2)n1. The molecule has 0 fully saturated rings. The Morgan fingerprint density at radius 2 is 1.60 bits per heavy atom. The van der Waals surface area contributed by atoms with Crippen LogP contribution < -0.4 is 10.6 Å². The highest BCUT2D eigenvalue weighted by molar-refractivity contribution is 7.09. The maximum absolute atomic E-state index is 15.3. The third-order valence-corrected chi connectivity index (χ3v) is 8.03. The van der Waals surface area contributed by atoms with Crippen LogP contribution in [0.25, 0.3) is 0 Å². The van der Waals surface area contributed by atoms with E-state index in [-0.39, 0.29) is 35.7 Å². The third kappa shape index (κ3) is 7.30. The number of thiazole rings is 1. The summed E-state index contributed by atoms with van der Waals surface area (Å²) in [7, 11) is 1.60. The van der Waals surface area contributed by atoms with E-state index in [2.05, 4.69) is 15.6 Å². The fourth-order valence-corrected chi connectivity index (χ4v) is 5.77. The van der Waals surface area contributed by atoms with E-state index in [9.17, 15) is 14.7 Å². The molecular formula is C32H33F3N4O3S. The number of rotatable bonds is 11. The molecule has 4 aromatic rings. The van der Waals surface area contributed by atoms with Crippen LogP contribution in [0.5, 0.6) is 0 Å². The Hall–Kier alpha value is -4.06. The molecule has 0 aliphatic rings. The number of carbonyl (C=O) groups excluding carboxylic acids is 2. The van der Waals surface area contributed by atoms with E-state index in [0.717, 1.165) is 10.7 Å². The number of aromatic nitrogens is 1. The van der Waals surface area contributed by atoms with Gasteiger partial charge in [0, 0.05) is 35.8 Å². The van der Waals surface area contributed by atoms with Crippen LogP contribution in [0.4, 0.5) is 13.2 Å². The lowest BCUT2D eigenvalue weighted by molar-refractivity contribution is -0.217. The number of aliphatic hydroxyl groups is 1. The van der Waals surface area contributed by atoms with E-state index in [1.807, 2.05) is 12.3 Å². The van der Waals surface area contributed by atoms with Crippen molar-refractivity contribution in [3.8, 4) is 0 Å². The lowest BCUT2D eigenvalue weighted by atomic mass is 9.78. The molecule has 11 heteroatoms. The molecule has 1 aromatic heterocycles. The monoisotopic (exact) mass is 610 g/mol. The number of halogens is 3. The molecule has 0 spiro atoms. The highest BCUT2D eigenvalue weighted by atomic mass is 32.1. The van der Waals surface area contributed by atoms with E-state index < -0.39 is 29.8 Å². The van der Waals surface area contributed by atoms with Crippen molar-refractivity contribution >= 4 is 23.2 Å². The minimum atomic E-state index is -4.95. The zero-order valence-corrected chi connectivity index (χ0v) is 24.7.